The molecule has 0 aliphatic heterocycles. The lowest BCUT2D eigenvalue weighted by Crippen LogP contribution is -2.31. The quantitative estimate of drug-likeness (QED) is 0.660. The molecule has 0 unspecified atom stereocenters. The van der Waals surface area contributed by atoms with Crippen molar-refractivity contribution in [1.29, 1.82) is 0 Å². The molecule has 0 saturated carbocycles. The number of amides is 2. The van der Waals surface area contributed by atoms with E-state index in [4.69, 9.17) is 5.11 Å². The van der Waals surface area contributed by atoms with E-state index in [9.17, 15) is 14.4 Å². The normalized spacial score (nSPS) is 10.2. The summed E-state index contributed by atoms with van der Waals surface area (Å²) in [5.41, 5.74) is 0.403. The monoisotopic (exact) mass is 263 g/mol. The maximum absolute atomic E-state index is 11.4. The van der Waals surface area contributed by atoms with Crippen molar-refractivity contribution in [3.8, 4) is 0 Å². The van der Waals surface area contributed by atoms with Crippen molar-refractivity contribution in [2.24, 2.45) is 0 Å². The number of carboxylic acids is 1. The molecule has 0 aliphatic rings. The largest absolute Gasteiger partial charge is 0.478 e. The molecular formula is C12H13N3O4. The zero-order chi connectivity index (χ0) is 14.3. The van der Waals surface area contributed by atoms with Crippen molar-refractivity contribution >= 4 is 29.7 Å². The van der Waals surface area contributed by atoms with E-state index in [-0.39, 0.29) is 18.3 Å². The Balaban J connectivity index is 2.64. The molecule has 1 aromatic rings. The Labute approximate surface area is 109 Å². The molecule has 0 saturated heterocycles. The maximum Gasteiger partial charge on any atom is 0.328 e. The molecule has 7 nitrogen and oxygen atoms in total. The predicted octanol–water partition coefficient (Wildman–Crippen LogP) is 0.254. The highest BCUT2D eigenvalue weighted by atomic mass is 16.4. The number of pyridine rings is 1. The number of nitrogens with one attached hydrogen (secondary N) is 2. The van der Waals surface area contributed by atoms with Crippen LogP contribution in [-0.2, 0) is 14.4 Å². The van der Waals surface area contributed by atoms with Crippen LogP contribution >= 0.6 is 0 Å². The van der Waals surface area contributed by atoms with E-state index in [0.29, 0.717) is 5.69 Å². The van der Waals surface area contributed by atoms with Crippen LogP contribution in [0.15, 0.2) is 24.3 Å². The van der Waals surface area contributed by atoms with Crippen molar-refractivity contribution in [3.05, 3.63) is 30.0 Å². The first-order valence-electron chi connectivity index (χ1n) is 5.40. The van der Waals surface area contributed by atoms with Crippen LogP contribution in [0.1, 0.15) is 12.6 Å². The van der Waals surface area contributed by atoms with Crippen LogP contribution in [0, 0.1) is 0 Å². The summed E-state index contributed by atoms with van der Waals surface area (Å²) in [5, 5.41) is 13.3. The average Bonchev–Trinajstić information content (AvgIpc) is 2.34. The first-order valence-corrected chi connectivity index (χ1v) is 5.40. The number of hydrogen-bond acceptors (Lipinski definition) is 4. The van der Waals surface area contributed by atoms with Gasteiger partial charge in [-0.3, -0.25) is 9.59 Å². The van der Waals surface area contributed by atoms with Crippen LogP contribution in [0.5, 0.6) is 0 Å². The number of carboxylic acid groups (broad SMARTS) is 1. The highest BCUT2D eigenvalue weighted by molar-refractivity contribution is 5.93. The summed E-state index contributed by atoms with van der Waals surface area (Å²) >= 11 is 0. The number of aliphatic carboxylic acids is 1. The van der Waals surface area contributed by atoms with E-state index in [1.165, 1.54) is 13.0 Å². The number of carbonyl (C=O) groups is 3. The van der Waals surface area contributed by atoms with Crippen molar-refractivity contribution in [2.75, 3.05) is 11.9 Å². The SMILES string of the molecule is CC(=O)NCC(=O)Nc1cccc(/C=C/C(=O)O)n1. The summed E-state index contributed by atoms with van der Waals surface area (Å²) in [6.07, 6.45) is 2.26. The summed E-state index contributed by atoms with van der Waals surface area (Å²) in [7, 11) is 0. The number of carbonyl (C=O) groups excluding carboxylic acids is 2. The van der Waals surface area contributed by atoms with Crippen LogP contribution in [0.25, 0.3) is 6.08 Å². The van der Waals surface area contributed by atoms with E-state index in [2.05, 4.69) is 15.6 Å². The summed E-state index contributed by atoms with van der Waals surface area (Å²) in [5.74, 6) is -1.52. The molecule has 0 atom stereocenters. The molecule has 0 aliphatic carbocycles. The van der Waals surface area contributed by atoms with Gasteiger partial charge >= 0.3 is 5.97 Å². The zero-order valence-electron chi connectivity index (χ0n) is 10.2. The lowest BCUT2D eigenvalue weighted by molar-refractivity contribution is -0.131. The van der Waals surface area contributed by atoms with Gasteiger partial charge in [-0.25, -0.2) is 9.78 Å². The van der Waals surface area contributed by atoms with Gasteiger partial charge in [0.2, 0.25) is 11.8 Å². The molecule has 0 bridgehead atoms. The summed E-state index contributed by atoms with van der Waals surface area (Å²) in [6.45, 7) is 1.16. The smallest absolute Gasteiger partial charge is 0.328 e. The predicted molar refractivity (Wildman–Crippen MR) is 68.2 cm³/mol. The van der Waals surface area contributed by atoms with Crippen LogP contribution in [0.3, 0.4) is 0 Å². The molecule has 1 rings (SSSR count). The molecule has 7 heteroatoms. The fourth-order valence-corrected chi connectivity index (χ4v) is 1.16. The van der Waals surface area contributed by atoms with E-state index in [1.54, 1.807) is 18.2 Å². The highest BCUT2D eigenvalue weighted by Crippen LogP contribution is 2.06. The molecule has 2 amide bonds. The number of rotatable bonds is 5. The summed E-state index contributed by atoms with van der Waals surface area (Å²) in [4.78, 5) is 36.4. The van der Waals surface area contributed by atoms with Crippen LogP contribution in [0.2, 0.25) is 0 Å². The zero-order valence-corrected chi connectivity index (χ0v) is 10.2. The van der Waals surface area contributed by atoms with Gasteiger partial charge < -0.3 is 15.7 Å². The molecule has 1 aromatic heterocycles. The molecule has 0 spiro atoms. The number of anilines is 1. The fourth-order valence-electron chi connectivity index (χ4n) is 1.16. The Morgan fingerprint density at radius 1 is 1.37 bits per heavy atom. The first-order chi connectivity index (χ1) is 8.97. The Morgan fingerprint density at radius 3 is 2.74 bits per heavy atom. The third-order valence-corrected chi connectivity index (χ3v) is 1.93. The molecule has 0 radical (unpaired) electrons. The number of hydrogen-bond donors (Lipinski definition) is 3. The van der Waals surface area contributed by atoms with Crippen molar-refractivity contribution in [1.82, 2.24) is 10.3 Å². The molecule has 1 heterocycles. The number of nitrogens with zero attached hydrogens (tertiary/aromatic N) is 1. The molecular weight excluding hydrogens is 250 g/mol. The summed E-state index contributed by atoms with van der Waals surface area (Å²) < 4.78 is 0. The summed E-state index contributed by atoms with van der Waals surface area (Å²) in [6, 6.07) is 4.79. The van der Waals surface area contributed by atoms with Gasteiger partial charge in [-0.15, -0.1) is 0 Å². The van der Waals surface area contributed by atoms with Gasteiger partial charge in [0.15, 0.2) is 0 Å². The minimum Gasteiger partial charge on any atom is -0.478 e. The average molecular weight is 263 g/mol. The molecule has 0 fully saturated rings. The highest BCUT2D eigenvalue weighted by Gasteiger charge is 2.04. The molecule has 3 N–H and O–H groups in total. The minimum absolute atomic E-state index is 0.147. The van der Waals surface area contributed by atoms with E-state index in [0.717, 1.165) is 6.08 Å². The lowest BCUT2D eigenvalue weighted by Gasteiger charge is -2.05. The number of aromatic nitrogens is 1. The van der Waals surface area contributed by atoms with E-state index < -0.39 is 11.9 Å². The van der Waals surface area contributed by atoms with E-state index in [1.807, 2.05) is 0 Å². The van der Waals surface area contributed by atoms with Crippen LogP contribution in [-0.4, -0.2) is 34.4 Å². The third-order valence-electron chi connectivity index (χ3n) is 1.93. The van der Waals surface area contributed by atoms with Crippen LogP contribution in [0.4, 0.5) is 5.82 Å². The Kier molecular flexibility index (Phi) is 5.21. The standard InChI is InChI=1S/C12H13N3O4/c1-8(16)13-7-11(17)15-10-4-2-3-9(14-10)5-6-12(18)19/h2-6H,7H2,1H3,(H,13,16)(H,18,19)(H,14,15,17)/b6-5+. The van der Waals surface area contributed by atoms with Gasteiger partial charge in [-0.05, 0) is 18.2 Å². The third kappa shape index (κ3) is 5.97. The molecule has 100 valence electrons. The fraction of sp³-hybridized carbons (Fsp3) is 0.167. The van der Waals surface area contributed by atoms with Gasteiger partial charge in [0, 0.05) is 13.0 Å². The van der Waals surface area contributed by atoms with Crippen molar-refractivity contribution in [2.45, 2.75) is 6.92 Å². The second-order valence-corrected chi connectivity index (χ2v) is 3.58. The van der Waals surface area contributed by atoms with Crippen LogP contribution < -0.4 is 10.6 Å². The van der Waals surface area contributed by atoms with Crippen molar-refractivity contribution in [3.63, 3.8) is 0 Å². The topological polar surface area (TPSA) is 108 Å². The second kappa shape index (κ2) is 6.90. The van der Waals surface area contributed by atoms with Gasteiger partial charge in [-0.2, -0.15) is 0 Å². The lowest BCUT2D eigenvalue weighted by atomic mass is 10.3. The van der Waals surface area contributed by atoms with Gasteiger partial charge in [0.1, 0.15) is 5.82 Å². The van der Waals surface area contributed by atoms with E-state index >= 15 is 0 Å². The minimum atomic E-state index is -1.08. The Morgan fingerprint density at radius 2 is 2.11 bits per heavy atom. The first kappa shape index (κ1) is 14.4. The van der Waals surface area contributed by atoms with Gasteiger partial charge in [0.05, 0.1) is 12.2 Å². The van der Waals surface area contributed by atoms with Gasteiger partial charge in [-0.1, -0.05) is 6.07 Å². The van der Waals surface area contributed by atoms with Gasteiger partial charge in [0.25, 0.3) is 0 Å². The van der Waals surface area contributed by atoms with Crippen molar-refractivity contribution < 1.29 is 19.5 Å². The Bertz CT molecular complexity index is 525. The maximum atomic E-state index is 11.4. The Hall–Kier alpha value is -2.70. The second-order valence-electron chi connectivity index (χ2n) is 3.58. The molecule has 19 heavy (non-hydrogen) atoms. The molecule has 0 aromatic carbocycles.